The highest BCUT2D eigenvalue weighted by molar-refractivity contribution is 5.58. The topological polar surface area (TPSA) is 73.3 Å². The molecule has 0 saturated heterocycles. The van der Waals surface area contributed by atoms with Crippen LogP contribution < -0.4 is 10.6 Å². The number of hydrogen-bond donors (Lipinski definition) is 3. The molecule has 0 spiro atoms. The molecule has 6 nitrogen and oxygen atoms in total. The molecule has 0 aliphatic carbocycles. The molecule has 136 valence electrons. The van der Waals surface area contributed by atoms with Gasteiger partial charge >= 0.3 is 6.18 Å². The highest BCUT2D eigenvalue weighted by Crippen LogP contribution is 2.30. The van der Waals surface area contributed by atoms with Gasteiger partial charge in [-0.2, -0.15) is 18.2 Å². The maximum absolute atomic E-state index is 13.0. The third kappa shape index (κ3) is 6.11. The SMILES string of the molecule is CN(C)CCCNc1nc(Nc2ccc(O)cc2)cc(C(F)(F)F)n1. The van der Waals surface area contributed by atoms with E-state index in [0.717, 1.165) is 19.0 Å². The van der Waals surface area contributed by atoms with Crippen LogP contribution in [0.25, 0.3) is 0 Å². The first-order valence-corrected chi connectivity index (χ1v) is 7.65. The van der Waals surface area contributed by atoms with Crippen molar-refractivity contribution in [2.24, 2.45) is 0 Å². The number of benzene rings is 1. The normalized spacial score (nSPS) is 11.6. The third-order valence-electron chi connectivity index (χ3n) is 3.22. The summed E-state index contributed by atoms with van der Waals surface area (Å²) in [7, 11) is 3.83. The van der Waals surface area contributed by atoms with Crippen LogP contribution >= 0.6 is 0 Å². The van der Waals surface area contributed by atoms with E-state index < -0.39 is 11.9 Å². The summed E-state index contributed by atoms with van der Waals surface area (Å²) in [5.74, 6) is -0.00884. The van der Waals surface area contributed by atoms with E-state index in [1.165, 1.54) is 24.3 Å². The molecule has 0 aliphatic rings. The zero-order valence-electron chi connectivity index (χ0n) is 13.9. The number of aromatic nitrogens is 2. The second-order valence-electron chi connectivity index (χ2n) is 5.72. The number of halogens is 3. The van der Waals surface area contributed by atoms with Crippen molar-refractivity contribution in [3.63, 3.8) is 0 Å². The Balaban J connectivity index is 2.17. The van der Waals surface area contributed by atoms with Crippen LogP contribution in [0.1, 0.15) is 12.1 Å². The molecule has 0 atom stereocenters. The van der Waals surface area contributed by atoms with E-state index in [0.29, 0.717) is 12.2 Å². The van der Waals surface area contributed by atoms with Gasteiger partial charge in [0.1, 0.15) is 11.6 Å². The average molecular weight is 355 g/mol. The number of aromatic hydroxyl groups is 1. The van der Waals surface area contributed by atoms with Gasteiger partial charge in [0.05, 0.1) is 0 Å². The largest absolute Gasteiger partial charge is 0.508 e. The van der Waals surface area contributed by atoms with Gasteiger partial charge in [-0.15, -0.1) is 0 Å². The highest BCUT2D eigenvalue weighted by Gasteiger charge is 2.33. The molecular weight excluding hydrogens is 335 g/mol. The Labute approximate surface area is 143 Å². The van der Waals surface area contributed by atoms with E-state index in [9.17, 15) is 18.3 Å². The lowest BCUT2D eigenvalue weighted by Crippen LogP contribution is -2.18. The predicted octanol–water partition coefficient (Wildman–Crippen LogP) is 3.31. The van der Waals surface area contributed by atoms with Crippen LogP contribution in [0.3, 0.4) is 0 Å². The number of nitrogens with zero attached hydrogens (tertiary/aromatic N) is 3. The number of alkyl halides is 3. The summed E-state index contributed by atoms with van der Waals surface area (Å²) in [6.07, 6.45) is -3.83. The summed E-state index contributed by atoms with van der Waals surface area (Å²) >= 11 is 0. The summed E-state index contributed by atoms with van der Waals surface area (Å²) in [5, 5.41) is 14.9. The smallest absolute Gasteiger partial charge is 0.433 e. The van der Waals surface area contributed by atoms with E-state index in [2.05, 4.69) is 20.6 Å². The average Bonchev–Trinajstić information content (AvgIpc) is 2.53. The molecule has 0 amide bonds. The number of hydrogen-bond acceptors (Lipinski definition) is 6. The van der Waals surface area contributed by atoms with E-state index in [-0.39, 0.29) is 17.5 Å². The summed E-state index contributed by atoms with van der Waals surface area (Å²) in [6.45, 7) is 1.25. The molecule has 1 heterocycles. The summed E-state index contributed by atoms with van der Waals surface area (Å²) in [4.78, 5) is 9.59. The number of nitrogens with one attached hydrogen (secondary N) is 2. The monoisotopic (exact) mass is 355 g/mol. The maximum Gasteiger partial charge on any atom is 0.433 e. The van der Waals surface area contributed by atoms with E-state index in [4.69, 9.17) is 0 Å². The Bertz CT molecular complexity index is 689. The van der Waals surface area contributed by atoms with Crippen molar-refractivity contribution >= 4 is 17.5 Å². The summed E-state index contributed by atoms with van der Waals surface area (Å²) in [6, 6.07) is 6.77. The highest BCUT2D eigenvalue weighted by atomic mass is 19.4. The molecule has 1 aromatic carbocycles. The fourth-order valence-electron chi connectivity index (χ4n) is 2.02. The van der Waals surface area contributed by atoms with Crippen molar-refractivity contribution in [1.82, 2.24) is 14.9 Å². The van der Waals surface area contributed by atoms with Gasteiger partial charge in [0.2, 0.25) is 5.95 Å². The van der Waals surface area contributed by atoms with Crippen LogP contribution in [0.5, 0.6) is 5.75 Å². The second-order valence-corrected chi connectivity index (χ2v) is 5.72. The first-order valence-electron chi connectivity index (χ1n) is 7.65. The fraction of sp³-hybridized carbons (Fsp3) is 0.375. The van der Waals surface area contributed by atoms with Crippen molar-refractivity contribution in [3.8, 4) is 5.75 Å². The van der Waals surface area contributed by atoms with Crippen LogP contribution in [0.2, 0.25) is 0 Å². The summed E-state index contributed by atoms with van der Waals surface area (Å²) < 4.78 is 39.1. The maximum atomic E-state index is 13.0. The van der Waals surface area contributed by atoms with Crippen LogP contribution in [0, 0.1) is 0 Å². The van der Waals surface area contributed by atoms with Crippen molar-refractivity contribution in [2.45, 2.75) is 12.6 Å². The van der Waals surface area contributed by atoms with Gasteiger partial charge in [-0.3, -0.25) is 0 Å². The lowest BCUT2D eigenvalue weighted by molar-refractivity contribution is -0.141. The first kappa shape index (κ1) is 18.8. The number of phenols is 1. The standard InChI is InChI=1S/C16H20F3N5O/c1-24(2)9-3-8-20-15-22-13(16(17,18)19)10-14(23-15)21-11-4-6-12(25)7-5-11/h4-7,10,25H,3,8-9H2,1-2H3,(H2,20,21,22,23). The minimum Gasteiger partial charge on any atom is -0.508 e. The van der Waals surface area contributed by atoms with Crippen LogP contribution in [0.15, 0.2) is 30.3 Å². The molecule has 0 bridgehead atoms. The molecule has 9 heteroatoms. The Morgan fingerprint density at radius 1 is 1.12 bits per heavy atom. The lowest BCUT2D eigenvalue weighted by Gasteiger charge is -2.13. The van der Waals surface area contributed by atoms with Gasteiger partial charge in [0.15, 0.2) is 5.69 Å². The van der Waals surface area contributed by atoms with Gasteiger partial charge in [-0.05, 0) is 51.3 Å². The van der Waals surface area contributed by atoms with Gasteiger partial charge in [0, 0.05) is 18.3 Å². The van der Waals surface area contributed by atoms with Crippen molar-refractivity contribution in [1.29, 1.82) is 0 Å². The number of anilines is 3. The Kier molecular flexibility index (Phi) is 6.02. The number of rotatable bonds is 7. The summed E-state index contributed by atoms with van der Waals surface area (Å²) in [5.41, 5.74) is -0.526. The van der Waals surface area contributed by atoms with Gasteiger partial charge in [-0.25, -0.2) is 4.98 Å². The van der Waals surface area contributed by atoms with Crippen LogP contribution in [0.4, 0.5) is 30.6 Å². The molecule has 2 aromatic rings. The Morgan fingerprint density at radius 2 is 1.80 bits per heavy atom. The third-order valence-corrected chi connectivity index (χ3v) is 3.22. The first-order chi connectivity index (χ1) is 11.7. The van der Waals surface area contributed by atoms with Gasteiger partial charge in [-0.1, -0.05) is 0 Å². The number of phenolic OH excluding ortho intramolecular Hbond substituents is 1. The molecule has 0 unspecified atom stereocenters. The van der Waals surface area contributed by atoms with Gasteiger partial charge in [0.25, 0.3) is 0 Å². The minimum atomic E-state index is -4.58. The molecular formula is C16H20F3N5O. The van der Waals surface area contributed by atoms with Crippen molar-refractivity contribution in [2.75, 3.05) is 37.8 Å². The van der Waals surface area contributed by atoms with Crippen LogP contribution in [-0.4, -0.2) is 47.2 Å². The molecule has 0 fully saturated rings. The fourth-order valence-corrected chi connectivity index (χ4v) is 2.02. The Hall–Kier alpha value is -2.55. The van der Waals surface area contributed by atoms with E-state index in [1.807, 2.05) is 19.0 Å². The van der Waals surface area contributed by atoms with E-state index in [1.54, 1.807) is 0 Å². The lowest BCUT2D eigenvalue weighted by atomic mass is 10.3. The molecule has 0 radical (unpaired) electrons. The Morgan fingerprint density at radius 3 is 2.40 bits per heavy atom. The second kappa shape index (κ2) is 8.02. The molecule has 2 rings (SSSR count). The molecule has 3 N–H and O–H groups in total. The minimum absolute atomic E-state index is 0.0168. The predicted molar refractivity (Wildman–Crippen MR) is 90.1 cm³/mol. The van der Waals surface area contributed by atoms with Gasteiger partial charge < -0.3 is 20.6 Å². The molecule has 25 heavy (non-hydrogen) atoms. The van der Waals surface area contributed by atoms with Crippen molar-refractivity contribution in [3.05, 3.63) is 36.0 Å². The molecule has 1 aromatic heterocycles. The molecule has 0 aliphatic heterocycles. The molecule has 0 saturated carbocycles. The van der Waals surface area contributed by atoms with Crippen LogP contribution in [-0.2, 0) is 6.18 Å². The van der Waals surface area contributed by atoms with Crippen molar-refractivity contribution < 1.29 is 18.3 Å². The zero-order valence-corrected chi connectivity index (χ0v) is 13.9. The quantitative estimate of drug-likeness (QED) is 0.523. The van der Waals surface area contributed by atoms with E-state index >= 15 is 0 Å². The zero-order chi connectivity index (χ0) is 18.4.